The Morgan fingerprint density at radius 1 is 1.00 bits per heavy atom. The lowest BCUT2D eigenvalue weighted by Gasteiger charge is -2.05. The van der Waals surface area contributed by atoms with Crippen molar-refractivity contribution in [3.8, 4) is 11.8 Å². The Hall–Kier alpha value is -3.18. The van der Waals surface area contributed by atoms with E-state index in [-0.39, 0.29) is 11.9 Å². The molecule has 0 saturated carbocycles. The molecule has 0 fully saturated rings. The van der Waals surface area contributed by atoms with Crippen LogP contribution in [0.15, 0.2) is 73.1 Å². The molecular weight excluding hydrogens is 338 g/mol. The molecule has 1 amide bonds. The summed E-state index contributed by atoms with van der Waals surface area (Å²) in [5.41, 5.74) is 1.55. The van der Waals surface area contributed by atoms with Crippen LogP contribution < -0.4 is 10.1 Å². The summed E-state index contributed by atoms with van der Waals surface area (Å²) in [4.78, 5) is 19.9. The summed E-state index contributed by atoms with van der Waals surface area (Å²) < 4.78 is 5.49. The molecule has 3 aromatic rings. The van der Waals surface area contributed by atoms with E-state index in [4.69, 9.17) is 16.3 Å². The maximum atomic E-state index is 12.0. The average molecular weight is 352 g/mol. The first kappa shape index (κ1) is 16.7. The van der Waals surface area contributed by atoms with Crippen molar-refractivity contribution in [3.05, 3.63) is 83.7 Å². The fourth-order valence-electron chi connectivity index (χ4n) is 1.98. The van der Waals surface area contributed by atoms with Crippen molar-refractivity contribution in [2.45, 2.75) is 0 Å². The Morgan fingerprint density at radius 3 is 2.36 bits per heavy atom. The van der Waals surface area contributed by atoms with E-state index in [0.29, 0.717) is 16.5 Å². The van der Waals surface area contributed by atoms with Crippen molar-refractivity contribution in [2.24, 2.45) is 0 Å². The fraction of sp³-hybridized carbons (Fsp3) is 0. The highest BCUT2D eigenvalue weighted by Gasteiger charge is 2.01. The van der Waals surface area contributed by atoms with Gasteiger partial charge in [0, 0.05) is 29.2 Å². The highest BCUT2D eigenvalue weighted by atomic mass is 35.5. The van der Waals surface area contributed by atoms with Crippen molar-refractivity contribution < 1.29 is 9.53 Å². The van der Waals surface area contributed by atoms with Gasteiger partial charge in [-0.3, -0.25) is 4.79 Å². The number of rotatable bonds is 5. The molecule has 124 valence electrons. The zero-order valence-electron chi connectivity index (χ0n) is 13.1. The van der Waals surface area contributed by atoms with Crippen LogP contribution in [0.1, 0.15) is 5.56 Å². The summed E-state index contributed by atoms with van der Waals surface area (Å²) in [6.45, 7) is 0. The van der Waals surface area contributed by atoms with E-state index in [1.807, 2.05) is 12.1 Å². The van der Waals surface area contributed by atoms with E-state index in [9.17, 15) is 4.79 Å². The largest absolute Gasteiger partial charge is 0.424 e. The Balaban J connectivity index is 1.57. The van der Waals surface area contributed by atoms with Gasteiger partial charge in [-0.1, -0.05) is 23.7 Å². The number of carbonyl (C=O) groups excluding carboxylic acids is 1. The third-order valence-corrected chi connectivity index (χ3v) is 3.42. The number of carbonyl (C=O) groups is 1. The highest BCUT2D eigenvalue weighted by Crippen LogP contribution is 2.20. The van der Waals surface area contributed by atoms with E-state index in [1.165, 1.54) is 6.08 Å². The summed E-state index contributed by atoms with van der Waals surface area (Å²) in [5, 5.41) is 3.43. The van der Waals surface area contributed by atoms with Gasteiger partial charge in [0.2, 0.25) is 5.91 Å². The maximum Gasteiger partial charge on any atom is 0.321 e. The van der Waals surface area contributed by atoms with Gasteiger partial charge in [0.15, 0.2) is 0 Å². The number of aromatic nitrogens is 2. The van der Waals surface area contributed by atoms with Gasteiger partial charge in [0.1, 0.15) is 5.75 Å². The number of nitrogens with one attached hydrogen (secondary N) is 1. The number of benzene rings is 2. The van der Waals surface area contributed by atoms with Crippen LogP contribution in [0.2, 0.25) is 5.02 Å². The standard InChI is InChI=1S/C19H14ClN3O2/c20-15-5-2-14(3-6-15)4-11-18(24)23-16-7-9-17(10-8-16)25-19-21-12-1-13-22-19/h1-13H,(H,23,24)/b11-4+. The smallest absolute Gasteiger partial charge is 0.321 e. The molecule has 0 unspecified atom stereocenters. The van der Waals surface area contributed by atoms with Crippen LogP contribution in [-0.4, -0.2) is 15.9 Å². The Morgan fingerprint density at radius 2 is 1.68 bits per heavy atom. The first-order valence-electron chi connectivity index (χ1n) is 7.49. The molecule has 1 N–H and O–H groups in total. The van der Waals surface area contributed by atoms with Gasteiger partial charge < -0.3 is 10.1 Å². The Kier molecular flexibility index (Phi) is 5.39. The number of hydrogen-bond donors (Lipinski definition) is 1. The predicted octanol–water partition coefficient (Wildman–Crippen LogP) is 4.57. The van der Waals surface area contributed by atoms with Crippen molar-refractivity contribution >= 4 is 29.3 Å². The molecule has 0 saturated heterocycles. The van der Waals surface area contributed by atoms with E-state index in [2.05, 4.69) is 15.3 Å². The molecule has 0 radical (unpaired) electrons. The van der Waals surface area contributed by atoms with Gasteiger partial charge >= 0.3 is 6.01 Å². The molecule has 0 spiro atoms. The number of amides is 1. The molecule has 0 atom stereocenters. The van der Waals surface area contributed by atoms with E-state index in [0.717, 1.165) is 5.56 Å². The van der Waals surface area contributed by atoms with Crippen LogP contribution in [0.3, 0.4) is 0 Å². The maximum absolute atomic E-state index is 12.0. The topological polar surface area (TPSA) is 64.1 Å². The molecule has 0 aliphatic heterocycles. The van der Waals surface area contributed by atoms with Gasteiger partial charge in [-0.15, -0.1) is 0 Å². The van der Waals surface area contributed by atoms with Crippen LogP contribution in [0.4, 0.5) is 5.69 Å². The molecule has 3 rings (SSSR count). The lowest BCUT2D eigenvalue weighted by molar-refractivity contribution is -0.111. The first-order valence-corrected chi connectivity index (χ1v) is 7.86. The number of anilines is 1. The van der Waals surface area contributed by atoms with Crippen LogP contribution in [-0.2, 0) is 4.79 Å². The van der Waals surface area contributed by atoms with E-state index in [1.54, 1.807) is 60.9 Å². The third-order valence-electron chi connectivity index (χ3n) is 3.17. The van der Waals surface area contributed by atoms with Gasteiger partial charge in [0.05, 0.1) is 0 Å². The predicted molar refractivity (Wildman–Crippen MR) is 97.7 cm³/mol. The van der Waals surface area contributed by atoms with Crippen molar-refractivity contribution in [1.82, 2.24) is 9.97 Å². The van der Waals surface area contributed by atoms with E-state index < -0.39 is 0 Å². The zero-order chi connectivity index (χ0) is 17.5. The zero-order valence-corrected chi connectivity index (χ0v) is 13.9. The van der Waals surface area contributed by atoms with Gasteiger partial charge in [-0.25, -0.2) is 9.97 Å². The first-order chi connectivity index (χ1) is 12.2. The second kappa shape index (κ2) is 8.08. The lowest BCUT2D eigenvalue weighted by atomic mass is 10.2. The van der Waals surface area contributed by atoms with Crippen LogP contribution in [0.5, 0.6) is 11.8 Å². The van der Waals surface area contributed by atoms with Crippen molar-refractivity contribution in [3.63, 3.8) is 0 Å². The Bertz CT molecular complexity index is 863. The summed E-state index contributed by atoms with van der Waals surface area (Å²) in [6.07, 6.45) is 6.38. The molecule has 1 heterocycles. The Labute approximate surface area is 150 Å². The number of hydrogen-bond acceptors (Lipinski definition) is 4. The summed E-state index contributed by atoms with van der Waals surface area (Å²) in [5.74, 6) is 0.357. The van der Waals surface area contributed by atoms with Crippen LogP contribution in [0.25, 0.3) is 6.08 Å². The minimum absolute atomic E-state index is 0.227. The highest BCUT2D eigenvalue weighted by molar-refractivity contribution is 6.30. The molecular formula is C19H14ClN3O2. The minimum Gasteiger partial charge on any atom is -0.424 e. The second-order valence-electron chi connectivity index (χ2n) is 5.03. The second-order valence-corrected chi connectivity index (χ2v) is 5.47. The monoisotopic (exact) mass is 351 g/mol. The van der Waals surface area contributed by atoms with Crippen LogP contribution >= 0.6 is 11.6 Å². The molecule has 6 heteroatoms. The van der Waals surface area contributed by atoms with Gasteiger partial charge in [-0.05, 0) is 54.1 Å². The van der Waals surface area contributed by atoms with Crippen molar-refractivity contribution in [1.29, 1.82) is 0 Å². The molecule has 5 nitrogen and oxygen atoms in total. The fourth-order valence-corrected chi connectivity index (χ4v) is 2.11. The van der Waals surface area contributed by atoms with Crippen LogP contribution in [0, 0.1) is 0 Å². The minimum atomic E-state index is -0.227. The van der Waals surface area contributed by atoms with Gasteiger partial charge in [0.25, 0.3) is 0 Å². The third kappa shape index (κ3) is 5.16. The van der Waals surface area contributed by atoms with Gasteiger partial charge in [-0.2, -0.15) is 0 Å². The molecule has 1 aromatic heterocycles. The number of ether oxygens (including phenoxy) is 1. The molecule has 0 aliphatic carbocycles. The summed E-state index contributed by atoms with van der Waals surface area (Å²) in [7, 11) is 0. The number of halogens is 1. The lowest BCUT2D eigenvalue weighted by Crippen LogP contribution is -2.07. The molecule has 0 bridgehead atoms. The quantitative estimate of drug-likeness (QED) is 0.684. The SMILES string of the molecule is O=C(/C=C/c1ccc(Cl)cc1)Nc1ccc(Oc2ncccn2)cc1. The van der Waals surface area contributed by atoms with E-state index >= 15 is 0 Å². The molecule has 0 aliphatic rings. The summed E-state index contributed by atoms with van der Waals surface area (Å²) in [6, 6.07) is 16.1. The average Bonchev–Trinajstić information content (AvgIpc) is 2.64. The molecule has 2 aromatic carbocycles. The normalized spacial score (nSPS) is 10.6. The molecule has 25 heavy (non-hydrogen) atoms. The summed E-state index contributed by atoms with van der Waals surface area (Å²) >= 11 is 5.82. The number of nitrogens with zero attached hydrogens (tertiary/aromatic N) is 2. The van der Waals surface area contributed by atoms with Crippen molar-refractivity contribution in [2.75, 3.05) is 5.32 Å².